The SMILES string of the molecule is CC1CCCN1C(=O)C(NC(=O)CN1CCC(c2cccc(-c3cc(-c4ccccc4O)nnc3N)c2)CC1)C(C)(C)C.Cc1ncsc1-c1ccc(C(C)NC=O)cc1. The van der Waals surface area contributed by atoms with Gasteiger partial charge in [-0.3, -0.25) is 19.3 Å². The molecule has 4 heterocycles. The molecular formula is C47H58N8O4S. The monoisotopic (exact) mass is 830 g/mol. The molecule has 3 unspecified atom stereocenters. The largest absolute Gasteiger partial charge is 0.507 e. The first-order valence-electron chi connectivity index (χ1n) is 20.8. The number of carbonyl (C=O) groups is 3. The Labute approximate surface area is 357 Å². The summed E-state index contributed by atoms with van der Waals surface area (Å²) in [5.41, 5.74) is 15.2. The summed E-state index contributed by atoms with van der Waals surface area (Å²) in [6, 6.07) is 25.2. The molecule has 0 saturated carbocycles. The molecule has 3 amide bonds. The molecule has 3 atom stereocenters. The third-order valence-corrected chi connectivity index (χ3v) is 12.6. The Balaban J connectivity index is 0.000000296. The van der Waals surface area contributed by atoms with Crippen LogP contribution < -0.4 is 16.4 Å². The maximum absolute atomic E-state index is 13.4. The van der Waals surface area contributed by atoms with Crippen molar-refractivity contribution in [3.05, 3.63) is 101 Å². The Kier molecular flexibility index (Phi) is 14.3. The zero-order valence-corrected chi connectivity index (χ0v) is 36.3. The minimum atomic E-state index is -0.540. The van der Waals surface area contributed by atoms with Crippen LogP contribution in [0.25, 0.3) is 32.8 Å². The molecule has 0 spiro atoms. The molecule has 0 bridgehead atoms. The van der Waals surface area contributed by atoms with Crippen molar-refractivity contribution in [2.75, 3.05) is 31.9 Å². The number of aromatic hydroxyl groups is 1. The molecular weight excluding hydrogens is 773 g/mol. The van der Waals surface area contributed by atoms with Crippen molar-refractivity contribution in [3.63, 3.8) is 0 Å². The van der Waals surface area contributed by atoms with E-state index in [0.717, 1.165) is 74.1 Å². The standard InChI is InChI=1S/C34H44N6O3.C13H14N2OS/c1-22-9-8-16-40(22)33(43)31(34(2,3)4)36-30(42)21-39-17-14-23(15-18-39)24-10-7-11-25(19-24)27-20-28(37-38-32(27)35)26-12-5-6-13-29(26)41;1-9(14-7-16)11-3-5-12(6-4-11)13-10(2)15-8-17-13/h5-7,10-13,19-20,22-23,31,41H,8-9,14-18,21H2,1-4H3,(H2,35,38)(H,36,42);3-9H,1-2H3,(H,14,16). The third kappa shape index (κ3) is 10.7. The van der Waals surface area contributed by atoms with Gasteiger partial charge in [0.1, 0.15) is 11.8 Å². The first kappa shape index (κ1) is 43.9. The summed E-state index contributed by atoms with van der Waals surface area (Å²) in [6.07, 6.45) is 4.61. The molecule has 13 heteroatoms. The van der Waals surface area contributed by atoms with Gasteiger partial charge < -0.3 is 26.4 Å². The number of amides is 3. The van der Waals surface area contributed by atoms with Crippen LogP contribution in [0.4, 0.5) is 5.82 Å². The topological polar surface area (TPSA) is 167 Å². The van der Waals surface area contributed by atoms with E-state index >= 15 is 0 Å². The Morgan fingerprint density at radius 2 is 1.68 bits per heavy atom. The Hall–Kier alpha value is -5.66. The minimum Gasteiger partial charge on any atom is -0.507 e. The van der Waals surface area contributed by atoms with Crippen molar-refractivity contribution in [2.24, 2.45) is 5.41 Å². The summed E-state index contributed by atoms with van der Waals surface area (Å²) in [7, 11) is 0. The second-order valence-electron chi connectivity index (χ2n) is 17.0. The number of thiazole rings is 1. The summed E-state index contributed by atoms with van der Waals surface area (Å²) >= 11 is 1.64. The number of phenolic OH excluding ortho intramolecular Hbond substituents is 1. The summed E-state index contributed by atoms with van der Waals surface area (Å²) < 4.78 is 0. The number of hydrogen-bond donors (Lipinski definition) is 4. The molecule has 7 rings (SSSR count). The number of likely N-dealkylation sites (tertiary alicyclic amines) is 2. The number of piperidine rings is 1. The number of phenols is 1. The van der Waals surface area contributed by atoms with Crippen LogP contribution in [0, 0.1) is 12.3 Å². The average Bonchev–Trinajstić information content (AvgIpc) is 3.88. The summed E-state index contributed by atoms with van der Waals surface area (Å²) in [5.74, 6) is 0.768. The minimum absolute atomic E-state index is 0.0298. The van der Waals surface area contributed by atoms with Crippen LogP contribution >= 0.6 is 11.3 Å². The number of benzene rings is 3. The molecule has 0 aliphatic carbocycles. The van der Waals surface area contributed by atoms with Crippen LogP contribution in [-0.2, 0) is 14.4 Å². The van der Waals surface area contributed by atoms with Gasteiger partial charge in [-0.15, -0.1) is 21.5 Å². The number of hydrogen-bond acceptors (Lipinski definition) is 10. The second-order valence-corrected chi connectivity index (χ2v) is 17.9. The van der Waals surface area contributed by atoms with E-state index in [-0.39, 0.29) is 41.6 Å². The Morgan fingerprint density at radius 1 is 0.950 bits per heavy atom. The van der Waals surface area contributed by atoms with E-state index in [0.29, 0.717) is 23.0 Å². The number of para-hydroxylation sites is 1. The first-order chi connectivity index (χ1) is 28.7. The van der Waals surface area contributed by atoms with Crippen molar-refractivity contribution < 1.29 is 19.5 Å². The average molecular weight is 831 g/mol. The van der Waals surface area contributed by atoms with Gasteiger partial charge in [0.25, 0.3) is 0 Å². The summed E-state index contributed by atoms with van der Waals surface area (Å²) in [5, 5.41) is 24.5. The number of rotatable bonds is 11. The van der Waals surface area contributed by atoms with Gasteiger partial charge in [-0.05, 0) is 111 Å². The lowest BCUT2D eigenvalue weighted by molar-refractivity contribution is -0.140. The lowest BCUT2D eigenvalue weighted by atomic mass is 9.85. The maximum atomic E-state index is 13.4. The lowest BCUT2D eigenvalue weighted by Gasteiger charge is -2.36. The van der Waals surface area contributed by atoms with Crippen LogP contribution in [0.15, 0.2) is 84.4 Å². The van der Waals surface area contributed by atoms with Crippen LogP contribution in [0.1, 0.15) is 89.1 Å². The molecule has 2 aliphatic rings. The fourth-order valence-corrected chi connectivity index (χ4v) is 8.84. The number of aryl methyl sites for hydroxylation is 1. The highest BCUT2D eigenvalue weighted by atomic mass is 32.1. The normalized spacial score (nSPS) is 17.0. The Bertz CT molecular complexity index is 2250. The van der Waals surface area contributed by atoms with Gasteiger partial charge >= 0.3 is 0 Å². The highest BCUT2D eigenvalue weighted by Crippen LogP contribution is 2.35. The molecule has 12 nitrogen and oxygen atoms in total. The van der Waals surface area contributed by atoms with Crippen LogP contribution in [0.2, 0.25) is 0 Å². The van der Waals surface area contributed by atoms with Crippen molar-refractivity contribution in [2.45, 2.75) is 91.3 Å². The molecule has 2 aliphatic heterocycles. The summed E-state index contributed by atoms with van der Waals surface area (Å²) in [4.78, 5) is 46.4. The van der Waals surface area contributed by atoms with Crippen LogP contribution in [0.5, 0.6) is 5.75 Å². The molecule has 5 aromatic rings. The molecule has 3 aromatic carbocycles. The van der Waals surface area contributed by atoms with Gasteiger partial charge in [-0.25, -0.2) is 4.98 Å². The first-order valence-corrected chi connectivity index (χ1v) is 21.7. The number of nitrogens with two attached hydrogens (primary N) is 1. The number of nitrogen functional groups attached to an aromatic ring is 1. The smallest absolute Gasteiger partial charge is 0.245 e. The van der Waals surface area contributed by atoms with E-state index in [4.69, 9.17) is 5.73 Å². The number of nitrogens with zero attached hydrogens (tertiary/aromatic N) is 5. The van der Waals surface area contributed by atoms with Crippen LogP contribution in [0.3, 0.4) is 0 Å². The molecule has 5 N–H and O–H groups in total. The van der Waals surface area contributed by atoms with E-state index in [1.165, 1.54) is 16.0 Å². The fourth-order valence-electron chi connectivity index (χ4n) is 8.02. The molecule has 316 valence electrons. The van der Waals surface area contributed by atoms with Gasteiger partial charge in [-0.2, -0.15) is 0 Å². The fraction of sp³-hybridized carbons (Fsp3) is 0.404. The number of anilines is 1. The van der Waals surface area contributed by atoms with Crippen molar-refractivity contribution in [1.29, 1.82) is 0 Å². The van der Waals surface area contributed by atoms with Crippen molar-refractivity contribution in [1.82, 2.24) is 35.6 Å². The van der Waals surface area contributed by atoms with Gasteiger partial charge in [0, 0.05) is 23.7 Å². The highest BCUT2D eigenvalue weighted by molar-refractivity contribution is 7.13. The van der Waals surface area contributed by atoms with Gasteiger partial charge in [0.2, 0.25) is 18.2 Å². The number of aromatic nitrogens is 3. The van der Waals surface area contributed by atoms with Gasteiger partial charge in [0.05, 0.1) is 34.4 Å². The van der Waals surface area contributed by atoms with E-state index in [9.17, 15) is 19.5 Å². The van der Waals surface area contributed by atoms with E-state index in [2.05, 4.69) is 61.9 Å². The van der Waals surface area contributed by atoms with E-state index in [1.54, 1.807) is 29.5 Å². The lowest BCUT2D eigenvalue weighted by Crippen LogP contribution is -2.57. The predicted molar refractivity (Wildman–Crippen MR) is 239 cm³/mol. The quantitative estimate of drug-likeness (QED) is 0.0974. The van der Waals surface area contributed by atoms with E-state index < -0.39 is 6.04 Å². The van der Waals surface area contributed by atoms with Crippen molar-refractivity contribution in [3.8, 4) is 38.6 Å². The zero-order valence-electron chi connectivity index (χ0n) is 35.5. The third-order valence-electron chi connectivity index (χ3n) is 11.6. The Morgan fingerprint density at radius 3 is 2.32 bits per heavy atom. The van der Waals surface area contributed by atoms with E-state index in [1.807, 2.05) is 81.4 Å². The maximum Gasteiger partial charge on any atom is 0.245 e. The summed E-state index contributed by atoms with van der Waals surface area (Å²) in [6.45, 7) is 14.7. The number of carbonyl (C=O) groups excluding carboxylic acids is 3. The molecule has 2 aromatic heterocycles. The molecule has 60 heavy (non-hydrogen) atoms. The van der Waals surface area contributed by atoms with Crippen LogP contribution in [-0.4, -0.2) is 86.6 Å². The van der Waals surface area contributed by atoms with Gasteiger partial charge in [-0.1, -0.05) is 81.4 Å². The van der Waals surface area contributed by atoms with Gasteiger partial charge in [0.15, 0.2) is 5.82 Å². The van der Waals surface area contributed by atoms with Crippen molar-refractivity contribution >= 4 is 35.4 Å². The predicted octanol–water partition coefficient (Wildman–Crippen LogP) is 7.75. The highest BCUT2D eigenvalue weighted by Gasteiger charge is 2.38. The molecule has 2 saturated heterocycles. The second kappa shape index (κ2) is 19.6. The molecule has 0 radical (unpaired) electrons. The zero-order chi connectivity index (χ0) is 43.0. The number of nitrogens with one attached hydrogen (secondary N) is 2. The molecule has 2 fully saturated rings.